The first-order valence-corrected chi connectivity index (χ1v) is 8.14. The van der Waals surface area contributed by atoms with Gasteiger partial charge in [-0.3, -0.25) is 15.0 Å². The van der Waals surface area contributed by atoms with Crippen LogP contribution in [0.15, 0.2) is 42.0 Å². The van der Waals surface area contributed by atoms with Crippen LogP contribution in [0, 0.1) is 5.41 Å². The summed E-state index contributed by atoms with van der Waals surface area (Å²) in [5.41, 5.74) is 0.418. The normalized spacial score (nSPS) is 13.6. The maximum atomic E-state index is 12.7. The van der Waals surface area contributed by atoms with E-state index in [4.69, 9.17) is 51.8 Å². The highest BCUT2D eigenvalue weighted by atomic mass is 35.5. The quantitative estimate of drug-likeness (QED) is 0.662. The highest BCUT2D eigenvalue weighted by Crippen LogP contribution is 2.32. The van der Waals surface area contributed by atoms with Gasteiger partial charge in [0.15, 0.2) is 11.6 Å². The minimum absolute atomic E-state index is 0.0516. The number of hydrogen-bond acceptors (Lipinski definition) is 3. The summed E-state index contributed by atoms with van der Waals surface area (Å²) in [4.78, 5) is 25.0. The molecule has 0 aliphatic heterocycles. The van der Waals surface area contributed by atoms with E-state index in [9.17, 15) is 9.59 Å². The van der Waals surface area contributed by atoms with Gasteiger partial charge in [-0.2, -0.15) is 0 Å². The molecule has 0 radical (unpaired) electrons. The van der Waals surface area contributed by atoms with Crippen LogP contribution in [0.4, 0.5) is 0 Å². The zero-order valence-corrected chi connectivity index (χ0v) is 14.8. The van der Waals surface area contributed by atoms with Gasteiger partial charge < -0.3 is 0 Å². The molecule has 1 aliphatic carbocycles. The molecule has 0 bridgehead atoms. The minimum atomic E-state index is -0.482. The van der Waals surface area contributed by atoms with E-state index < -0.39 is 11.6 Å². The van der Waals surface area contributed by atoms with Crippen LogP contribution in [0.2, 0.25) is 20.1 Å². The molecule has 0 amide bonds. The van der Waals surface area contributed by atoms with Crippen molar-refractivity contribution in [1.29, 1.82) is 5.41 Å². The molecule has 2 aromatic rings. The zero-order valence-electron chi connectivity index (χ0n) is 11.8. The maximum Gasteiger partial charge on any atom is 0.196 e. The van der Waals surface area contributed by atoms with Gasteiger partial charge in [0, 0.05) is 26.7 Å². The average molecular weight is 399 g/mol. The molecule has 7 heteroatoms. The molecule has 120 valence electrons. The highest BCUT2D eigenvalue weighted by Gasteiger charge is 2.29. The third kappa shape index (κ3) is 3.01. The summed E-state index contributed by atoms with van der Waals surface area (Å²) in [6.07, 6.45) is 1.12. The van der Waals surface area contributed by atoms with Gasteiger partial charge in [-0.25, -0.2) is 0 Å². The number of fused-ring (bicyclic) bond motifs is 1. The molecule has 3 nitrogen and oxygen atoms in total. The van der Waals surface area contributed by atoms with Gasteiger partial charge in [-0.05, 0) is 36.4 Å². The Morgan fingerprint density at radius 1 is 0.792 bits per heavy atom. The molecule has 0 saturated heterocycles. The first kappa shape index (κ1) is 17.2. The third-order valence-electron chi connectivity index (χ3n) is 3.51. The number of halogens is 4. The average Bonchev–Trinajstić information content (AvgIpc) is 2.51. The predicted molar refractivity (Wildman–Crippen MR) is 96.5 cm³/mol. The second-order valence-corrected chi connectivity index (χ2v) is 6.78. The number of ketones is 2. The first-order chi connectivity index (χ1) is 11.3. The van der Waals surface area contributed by atoms with Crippen LogP contribution in [-0.4, -0.2) is 17.3 Å². The van der Waals surface area contributed by atoms with Crippen LogP contribution >= 0.6 is 46.4 Å². The van der Waals surface area contributed by atoms with E-state index in [1.807, 2.05) is 0 Å². The number of carbonyl (C=O) groups excluding carboxylic acids is 2. The Balaban J connectivity index is 2.10. The summed E-state index contributed by atoms with van der Waals surface area (Å²) in [7, 11) is 0. The molecule has 1 N–H and O–H groups in total. The molecule has 0 spiro atoms. The zero-order chi connectivity index (χ0) is 17.6. The number of rotatable bonds is 2. The number of benzene rings is 2. The highest BCUT2D eigenvalue weighted by molar-refractivity contribution is 6.44. The largest absolute Gasteiger partial charge is 0.299 e. The lowest BCUT2D eigenvalue weighted by Gasteiger charge is -2.17. The second-order valence-electron chi connectivity index (χ2n) is 5.10. The summed E-state index contributed by atoms with van der Waals surface area (Å²) in [5, 5.41) is 9.26. The smallest absolute Gasteiger partial charge is 0.196 e. The van der Waals surface area contributed by atoms with E-state index in [0.29, 0.717) is 15.6 Å². The van der Waals surface area contributed by atoms with Crippen molar-refractivity contribution in [2.24, 2.45) is 0 Å². The summed E-state index contributed by atoms with van der Waals surface area (Å²) in [6.45, 7) is 0. The van der Waals surface area contributed by atoms with Crippen molar-refractivity contribution < 1.29 is 9.59 Å². The van der Waals surface area contributed by atoms with Gasteiger partial charge >= 0.3 is 0 Å². The molecule has 0 saturated carbocycles. The summed E-state index contributed by atoms with van der Waals surface area (Å²) < 4.78 is 0. The molecule has 24 heavy (non-hydrogen) atoms. The van der Waals surface area contributed by atoms with Crippen molar-refractivity contribution in [3.8, 4) is 0 Å². The fourth-order valence-corrected chi connectivity index (χ4v) is 3.25. The van der Waals surface area contributed by atoms with Gasteiger partial charge in [-0.15, -0.1) is 0 Å². The Labute approximate surface area is 157 Å². The van der Waals surface area contributed by atoms with Crippen molar-refractivity contribution in [3.05, 3.63) is 78.8 Å². The van der Waals surface area contributed by atoms with Crippen LogP contribution in [0.5, 0.6) is 0 Å². The Kier molecular flexibility index (Phi) is 4.54. The molecule has 2 aromatic carbocycles. The molecule has 0 atom stereocenters. The lowest BCUT2D eigenvalue weighted by Crippen LogP contribution is -2.22. The van der Waals surface area contributed by atoms with Crippen LogP contribution in [0.25, 0.3) is 0 Å². The molecular formula is C17H7Cl4NO2. The molecule has 0 unspecified atom stereocenters. The Morgan fingerprint density at radius 3 is 1.92 bits per heavy atom. The Hall–Kier alpha value is -1.65. The molecular weight excluding hydrogens is 392 g/mol. The van der Waals surface area contributed by atoms with Crippen molar-refractivity contribution in [2.75, 3.05) is 0 Å². The molecule has 0 aromatic heterocycles. The number of nitrogens with one attached hydrogen (secondary N) is 1. The lowest BCUT2D eigenvalue weighted by atomic mass is 9.85. The van der Waals surface area contributed by atoms with Crippen molar-refractivity contribution >= 4 is 63.7 Å². The van der Waals surface area contributed by atoms with Gasteiger partial charge in [0.25, 0.3) is 0 Å². The fourth-order valence-electron chi connectivity index (χ4n) is 2.40. The number of hydrogen-bond donors (Lipinski definition) is 1. The van der Waals surface area contributed by atoms with E-state index in [2.05, 4.69) is 0 Å². The summed E-state index contributed by atoms with van der Waals surface area (Å²) in [6, 6.07) is 7.20. The molecule has 0 fully saturated rings. The van der Waals surface area contributed by atoms with Crippen LogP contribution < -0.4 is 0 Å². The van der Waals surface area contributed by atoms with Crippen molar-refractivity contribution in [3.63, 3.8) is 0 Å². The van der Waals surface area contributed by atoms with Gasteiger partial charge in [-0.1, -0.05) is 46.4 Å². The van der Waals surface area contributed by atoms with Crippen LogP contribution in [-0.2, 0) is 0 Å². The van der Waals surface area contributed by atoms with Crippen LogP contribution in [0.3, 0.4) is 0 Å². The van der Waals surface area contributed by atoms with E-state index in [0.717, 1.165) is 6.08 Å². The van der Waals surface area contributed by atoms with E-state index in [-0.39, 0.29) is 32.5 Å². The predicted octanol–water partition coefficient (Wildman–Crippen LogP) is 5.67. The number of allylic oxidation sites excluding steroid dienone is 2. The minimum Gasteiger partial charge on any atom is -0.299 e. The first-order valence-electron chi connectivity index (χ1n) is 6.63. The fraction of sp³-hybridized carbons (Fsp3) is 0. The van der Waals surface area contributed by atoms with Crippen LogP contribution in [0.1, 0.15) is 26.3 Å². The van der Waals surface area contributed by atoms with E-state index in [1.165, 1.54) is 30.3 Å². The summed E-state index contributed by atoms with van der Waals surface area (Å²) >= 11 is 23.7. The van der Waals surface area contributed by atoms with E-state index >= 15 is 0 Å². The van der Waals surface area contributed by atoms with Gasteiger partial charge in [0.05, 0.1) is 21.3 Å². The van der Waals surface area contributed by atoms with Crippen molar-refractivity contribution in [1.82, 2.24) is 0 Å². The summed E-state index contributed by atoms with van der Waals surface area (Å²) in [5.74, 6) is -0.902. The van der Waals surface area contributed by atoms with Gasteiger partial charge in [0.2, 0.25) is 0 Å². The molecule has 1 aliphatic rings. The van der Waals surface area contributed by atoms with Crippen molar-refractivity contribution in [2.45, 2.75) is 0 Å². The Morgan fingerprint density at radius 2 is 1.33 bits per heavy atom. The number of carbonyl (C=O) groups is 2. The third-order valence-corrected chi connectivity index (χ3v) is 4.67. The lowest BCUT2D eigenvalue weighted by molar-refractivity contribution is 0.0989. The number of Topliss-reactive ketones (excluding diaryl/α,β-unsaturated/α-hetero) is 1. The maximum absolute atomic E-state index is 12.7. The van der Waals surface area contributed by atoms with Gasteiger partial charge in [0.1, 0.15) is 0 Å². The topological polar surface area (TPSA) is 58.0 Å². The monoisotopic (exact) mass is 397 g/mol. The Bertz CT molecular complexity index is 943. The molecule has 3 rings (SSSR count). The second kappa shape index (κ2) is 6.34. The standard InChI is InChI=1S/C17H7Cl4NO2/c18-8-1-7(2-9(19)3-8)16(22)12-6-15(23)10-4-13(20)14(21)5-11(10)17(12)24/h1-6,22H. The molecule has 0 heterocycles. The SMILES string of the molecule is N=C(C1=CC(=O)c2cc(Cl)c(Cl)cc2C1=O)c1cc(Cl)cc(Cl)c1. The van der Waals surface area contributed by atoms with E-state index in [1.54, 1.807) is 0 Å².